The van der Waals surface area contributed by atoms with Gasteiger partial charge in [-0.25, -0.2) is 0 Å². The predicted molar refractivity (Wildman–Crippen MR) is 117 cm³/mol. The van der Waals surface area contributed by atoms with E-state index in [1.54, 1.807) is 12.1 Å². The number of hydrogen-bond acceptors (Lipinski definition) is 3. The van der Waals surface area contributed by atoms with Crippen molar-refractivity contribution in [3.63, 3.8) is 0 Å². The quantitative estimate of drug-likeness (QED) is 0.561. The van der Waals surface area contributed by atoms with Gasteiger partial charge in [0.25, 0.3) is 11.8 Å². The summed E-state index contributed by atoms with van der Waals surface area (Å²) < 4.78 is 7.99. The van der Waals surface area contributed by atoms with E-state index in [2.05, 4.69) is 15.9 Å². The number of halogens is 1. The molecule has 2 saturated heterocycles. The minimum absolute atomic E-state index is 0.0495. The topological polar surface area (TPSA) is 58.7 Å². The second kappa shape index (κ2) is 7.30. The summed E-state index contributed by atoms with van der Waals surface area (Å²) in [5.74, 6) is 0.420. The fourth-order valence-corrected chi connectivity index (χ4v) is 5.25. The zero-order valence-electron chi connectivity index (χ0n) is 16.9. The molecule has 156 valence electrons. The molecule has 0 radical (unpaired) electrons. The van der Waals surface area contributed by atoms with Crippen molar-refractivity contribution in [3.05, 3.63) is 58.6 Å². The number of rotatable bonds is 2. The molecule has 4 heterocycles. The number of benzene rings is 1. The van der Waals surface area contributed by atoms with Gasteiger partial charge in [0.1, 0.15) is 5.69 Å². The Balaban J connectivity index is 1.25. The lowest BCUT2D eigenvalue weighted by molar-refractivity contribution is 0.0552. The fourth-order valence-electron chi connectivity index (χ4n) is 4.94. The van der Waals surface area contributed by atoms with Crippen LogP contribution in [0.4, 0.5) is 0 Å². The highest BCUT2D eigenvalue weighted by Crippen LogP contribution is 2.41. The summed E-state index contributed by atoms with van der Waals surface area (Å²) in [6.07, 6.45) is 2.83. The standard InChI is InChI=1S/C23H24BrN3O3/c1-25-17-5-3-2-4-16(17)14-18(25)21(28)26-11-8-23(9-12-26)10-13-27(15-23)22(29)19-6-7-20(24)30-19/h2-7,14H,8-13,15H2,1H3. The highest BCUT2D eigenvalue weighted by Gasteiger charge is 2.43. The monoisotopic (exact) mass is 469 g/mol. The van der Waals surface area contributed by atoms with E-state index in [0.717, 1.165) is 62.0 Å². The van der Waals surface area contributed by atoms with Crippen LogP contribution >= 0.6 is 15.9 Å². The highest BCUT2D eigenvalue weighted by atomic mass is 79.9. The van der Waals surface area contributed by atoms with Crippen molar-refractivity contribution in [2.75, 3.05) is 26.2 Å². The number of para-hydroxylation sites is 1. The first-order valence-corrected chi connectivity index (χ1v) is 11.1. The molecule has 2 aliphatic heterocycles. The number of piperidine rings is 1. The molecule has 30 heavy (non-hydrogen) atoms. The maximum Gasteiger partial charge on any atom is 0.289 e. The van der Waals surface area contributed by atoms with Crippen LogP contribution in [-0.4, -0.2) is 52.4 Å². The van der Waals surface area contributed by atoms with Crippen LogP contribution in [0.15, 0.2) is 51.6 Å². The van der Waals surface area contributed by atoms with Crippen molar-refractivity contribution >= 4 is 38.6 Å². The summed E-state index contributed by atoms with van der Waals surface area (Å²) in [5.41, 5.74) is 1.91. The minimum atomic E-state index is -0.0495. The molecule has 1 aromatic carbocycles. The number of carbonyl (C=O) groups excluding carboxylic acids is 2. The van der Waals surface area contributed by atoms with Crippen molar-refractivity contribution in [1.82, 2.24) is 14.4 Å². The van der Waals surface area contributed by atoms with Gasteiger partial charge >= 0.3 is 0 Å². The second-order valence-corrected chi connectivity index (χ2v) is 9.30. The van der Waals surface area contributed by atoms with Gasteiger partial charge in [-0.15, -0.1) is 0 Å². The van der Waals surface area contributed by atoms with Crippen LogP contribution in [-0.2, 0) is 7.05 Å². The van der Waals surface area contributed by atoms with Gasteiger partial charge in [0, 0.05) is 44.1 Å². The van der Waals surface area contributed by atoms with E-state index in [9.17, 15) is 9.59 Å². The van der Waals surface area contributed by atoms with Crippen molar-refractivity contribution in [2.45, 2.75) is 19.3 Å². The molecule has 6 nitrogen and oxygen atoms in total. The number of fused-ring (bicyclic) bond motifs is 1. The van der Waals surface area contributed by atoms with Crippen LogP contribution < -0.4 is 0 Å². The first kappa shape index (κ1) is 19.4. The van der Waals surface area contributed by atoms with E-state index in [4.69, 9.17) is 4.42 Å². The third-order valence-corrected chi connectivity index (χ3v) is 7.22. The smallest absolute Gasteiger partial charge is 0.289 e. The third kappa shape index (κ3) is 3.25. The average molecular weight is 470 g/mol. The number of likely N-dealkylation sites (tertiary alicyclic amines) is 2. The Labute approximate surface area is 183 Å². The molecular formula is C23H24BrN3O3. The Morgan fingerprint density at radius 1 is 0.967 bits per heavy atom. The molecule has 7 heteroatoms. The van der Waals surface area contributed by atoms with Crippen molar-refractivity contribution in [3.8, 4) is 0 Å². The van der Waals surface area contributed by atoms with Gasteiger partial charge in [0.15, 0.2) is 10.4 Å². The van der Waals surface area contributed by atoms with Gasteiger partial charge in [-0.2, -0.15) is 0 Å². The summed E-state index contributed by atoms with van der Waals surface area (Å²) in [6.45, 7) is 2.94. The summed E-state index contributed by atoms with van der Waals surface area (Å²) >= 11 is 3.26. The summed E-state index contributed by atoms with van der Waals surface area (Å²) in [4.78, 5) is 29.7. The molecule has 0 unspecified atom stereocenters. The van der Waals surface area contributed by atoms with Crippen molar-refractivity contribution < 1.29 is 14.0 Å². The van der Waals surface area contributed by atoms with Crippen LogP contribution in [0, 0.1) is 5.41 Å². The molecular weight excluding hydrogens is 446 g/mol. The maximum absolute atomic E-state index is 13.2. The van der Waals surface area contributed by atoms with Crippen LogP contribution in [0.3, 0.4) is 0 Å². The van der Waals surface area contributed by atoms with Gasteiger partial charge in [0.2, 0.25) is 0 Å². The number of aryl methyl sites for hydroxylation is 1. The first-order valence-electron chi connectivity index (χ1n) is 10.3. The molecule has 0 atom stereocenters. The largest absolute Gasteiger partial charge is 0.444 e. The number of carbonyl (C=O) groups is 2. The number of hydrogen-bond donors (Lipinski definition) is 0. The zero-order valence-corrected chi connectivity index (χ0v) is 18.5. The Hall–Kier alpha value is -2.54. The molecule has 2 aliphatic rings. The van der Waals surface area contributed by atoms with Crippen molar-refractivity contribution in [2.24, 2.45) is 12.5 Å². The van der Waals surface area contributed by atoms with E-state index in [1.165, 1.54) is 0 Å². The molecule has 0 N–H and O–H groups in total. The molecule has 0 bridgehead atoms. The lowest BCUT2D eigenvalue weighted by atomic mass is 9.77. The van der Waals surface area contributed by atoms with Gasteiger partial charge in [0.05, 0.1) is 0 Å². The molecule has 1 spiro atoms. The Kier molecular flexibility index (Phi) is 4.73. The van der Waals surface area contributed by atoms with Gasteiger partial charge < -0.3 is 18.8 Å². The second-order valence-electron chi connectivity index (χ2n) is 8.52. The lowest BCUT2D eigenvalue weighted by Crippen LogP contribution is -2.45. The summed E-state index contributed by atoms with van der Waals surface area (Å²) in [6, 6.07) is 13.5. The molecule has 0 saturated carbocycles. The Morgan fingerprint density at radius 3 is 2.33 bits per heavy atom. The van der Waals surface area contributed by atoms with Crippen LogP contribution in [0.5, 0.6) is 0 Å². The third-order valence-electron chi connectivity index (χ3n) is 6.79. The van der Waals surface area contributed by atoms with Crippen LogP contribution in [0.1, 0.15) is 40.3 Å². The fraction of sp³-hybridized carbons (Fsp3) is 0.391. The first-order chi connectivity index (χ1) is 14.5. The lowest BCUT2D eigenvalue weighted by Gasteiger charge is -2.39. The SMILES string of the molecule is Cn1c(C(=O)N2CCC3(CCN(C(=O)c4ccc(Br)o4)C3)CC2)cc2ccccc21. The van der Waals surface area contributed by atoms with Crippen LogP contribution in [0.25, 0.3) is 10.9 Å². The number of amides is 2. The molecule has 0 aliphatic carbocycles. The Bertz CT molecular complexity index is 1120. The van der Waals surface area contributed by atoms with E-state index in [1.807, 2.05) is 51.7 Å². The van der Waals surface area contributed by atoms with Crippen molar-refractivity contribution in [1.29, 1.82) is 0 Å². The minimum Gasteiger partial charge on any atom is -0.444 e. The maximum atomic E-state index is 13.2. The number of nitrogens with zero attached hydrogens (tertiary/aromatic N) is 3. The van der Waals surface area contributed by atoms with E-state index < -0.39 is 0 Å². The highest BCUT2D eigenvalue weighted by molar-refractivity contribution is 9.10. The van der Waals surface area contributed by atoms with E-state index >= 15 is 0 Å². The molecule has 2 amide bonds. The van der Waals surface area contributed by atoms with E-state index in [0.29, 0.717) is 10.4 Å². The summed E-state index contributed by atoms with van der Waals surface area (Å²) in [7, 11) is 1.95. The van der Waals surface area contributed by atoms with Crippen LogP contribution in [0.2, 0.25) is 0 Å². The Morgan fingerprint density at radius 2 is 1.67 bits per heavy atom. The number of aromatic nitrogens is 1. The van der Waals surface area contributed by atoms with E-state index in [-0.39, 0.29) is 17.2 Å². The average Bonchev–Trinajstić information content (AvgIpc) is 3.46. The normalized spacial score (nSPS) is 18.5. The summed E-state index contributed by atoms with van der Waals surface area (Å²) in [5, 5.41) is 1.09. The van der Waals surface area contributed by atoms with Gasteiger partial charge in [-0.1, -0.05) is 18.2 Å². The molecule has 3 aromatic rings. The van der Waals surface area contributed by atoms with Gasteiger partial charge in [-0.3, -0.25) is 9.59 Å². The van der Waals surface area contributed by atoms with Gasteiger partial charge in [-0.05, 0) is 64.9 Å². The predicted octanol–water partition coefficient (Wildman–Crippen LogP) is 4.30. The zero-order chi connectivity index (χ0) is 20.9. The molecule has 2 aromatic heterocycles. The molecule has 2 fully saturated rings. The molecule has 5 rings (SSSR count). The number of furan rings is 1.